The first-order valence-corrected chi connectivity index (χ1v) is 12.9. The first-order chi connectivity index (χ1) is 18.5. The molecule has 3 atom stereocenters. The van der Waals surface area contributed by atoms with Gasteiger partial charge in [-0.1, -0.05) is 59.8 Å². The van der Waals surface area contributed by atoms with Crippen LogP contribution in [0.15, 0.2) is 78.9 Å². The van der Waals surface area contributed by atoms with Crippen molar-refractivity contribution < 1.29 is 14.3 Å². The Hall–Kier alpha value is -4.24. The van der Waals surface area contributed by atoms with Gasteiger partial charge in [-0.3, -0.25) is 9.59 Å². The Morgan fingerprint density at radius 2 is 1.79 bits per heavy atom. The molecule has 0 bridgehead atoms. The average Bonchev–Trinajstić information content (AvgIpc) is 3.54. The van der Waals surface area contributed by atoms with Crippen LogP contribution in [0.2, 0.25) is 0 Å². The van der Waals surface area contributed by atoms with Crippen LogP contribution in [0.1, 0.15) is 24.0 Å². The normalized spacial score (nSPS) is 17.9. The molecule has 3 unspecified atom stereocenters. The topological polar surface area (TPSA) is 115 Å². The van der Waals surface area contributed by atoms with Crippen molar-refractivity contribution in [2.24, 2.45) is 12.8 Å². The van der Waals surface area contributed by atoms with Gasteiger partial charge in [0.15, 0.2) is 0 Å². The highest BCUT2D eigenvalue weighted by molar-refractivity contribution is 5.90. The molecule has 2 heterocycles. The van der Waals surface area contributed by atoms with Crippen molar-refractivity contribution in [3.63, 3.8) is 0 Å². The number of hydrogen-bond donors (Lipinski definition) is 2. The lowest BCUT2D eigenvalue weighted by atomic mass is 10.0. The number of nitrogens with zero attached hydrogens (tertiary/aromatic N) is 4. The van der Waals surface area contributed by atoms with Crippen molar-refractivity contribution >= 4 is 22.8 Å². The van der Waals surface area contributed by atoms with E-state index in [1.807, 2.05) is 85.9 Å². The van der Waals surface area contributed by atoms with Gasteiger partial charge in [0.1, 0.15) is 23.4 Å². The molecule has 3 aromatic carbocycles. The third kappa shape index (κ3) is 5.84. The number of para-hydroxylation sites is 1. The van der Waals surface area contributed by atoms with E-state index in [1.165, 1.54) is 0 Å². The van der Waals surface area contributed by atoms with Crippen LogP contribution in [0.25, 0.3) is 11.0 Å². The van der Waals surface area contributed by atoms with Crippen molar-refractivity contribution in [1.82, 2.24) is 25.2 Å². The molecular formula is C29H32N6O3. The number of fused-ring (bicyclic) bond motifs is 1. The Bertz CT molecular complexity index is 1390. The summed E-state index contributed by atoms with van der Waals surface area (Å²) < 4.78 is 7.83. The molecule has 0 aliphatic carbocycles. The van der Waals surface area contributed by atoms with Crippen LogP contribution in [0.3, 0.4) is 0 Å². The fourth-order valence-electron chi connectivity index (χ4n) is 4.87. The number of nitrogens with two attached hydrogens (primary N) is 1. The lowest BCUT2D eigenvalue weighted by molar-refractivity contribution is -0.139. The summed E-state index contributed by atoms with van der Waals surface area (Å²) in [5.41, 5.74) is 10.0. The molecule has 2 amide bonds. The summed E-state index contributed by atoms with van der Waals surface area (Å²) in [5.74, 6) is 0.241. The van der Waals surface area contributed by atoms with Gasteiger partial charge in [0.2, 0.25) is 11.8 Å². The number of carbonyl (C=O) groups is 2. The fraction of sp³-hybridized carbons (Fsp3) is 0.310. The van der Waals surface area contributed by atoms with E-state index in [9.17, 15) is 9.59 Å². The number of carbonyl (C=O) groups excluding carboxylic acids is 2. The van der Waals surface area contributed by atoms with Gasteiger partial charge < -0.3 is 20.7 Å². The summed E-state index contributed by atoms with van der Waals surface area (Å²) in [6.07, 6.45) is 1.26. The largest absolute Gasteiger partial charge is 0.488 e. The van der Waals surface area contributed by atoms with Crippen LogP contribution < -0.4 is 15.8 Å². The molecule has 1 aromatic heterocycles. The number of aromatic nitrogens is 3. The van der Waals surface area contributed by atoms with E-state index in [-0.39, 0.29) is 17.9 Å². The zero-order valence-electron chi connectivity index (χ0n) is 21.4. The van der Waals surface area contributed by atoms with Crippen LogP contribution in [0.5, 0.6) is 5.75 Å². The summed E-state index contributed by atoms with van der Waals surface area (Å²) in [7, 11) is 1.83. The number of benzene rings is 3. The van der Waals surface area contributed by atoms with E-state index in [0.717, 1.165) is 22.2 Å². The second-order valence-electron chi connectivity index (χ2n) is 9.68. The first kappa shape index (κ1) is 25.4. The molecule has 9 heteroatoms. The average molecular weight is 513 g/mol. The predicted octanol–water partition coefficient (Wildman–Crippen LogP) is 2.59. The Labute approximate surface area is 221 Å². The van der Waals surface area contributed by atoms with E-state index in [4.69, 9.17) is 10.5 Å². The predicted molar refractivity (Wildman–Crippen MR) is 144 cm³/mol. The molecule has 5 rings (SSSR count). The Kier molecular flexibility index (Phi) is 7.65. The smallest absolute Gasteiger partial charge is 0.243 e. The van der Waals surface area contributed by atoms with Gasteiger partial charge in [0, 0.05) is 20.0 Å². The molecule has 0 spiro atoms. The number of nitrogens with one attached hydrogen (secondary N) is 1. The van der Waals surface area contributed by atoms with Crippen LogP contribution >= 0.6 is 0 Å². The van der Waals surface area contributed by atoms with Gasteiger partial charge in [-0.15, -0.1) is 5.10 Å². The molecule has 196 valence electrons. The van der Waals surface area contributed by atoms with Crippen LogP contribution in [0, 0.1) is 0 Å². The number of amides is 2. The second kappa shape index (κ2) is 11.4. The Balaban J connectivity index is 1.26. The third-order valence-electron chi connectivity index (χ3n) is 6.94. The molecule has 3 N–H and O–H groups in total. The quantitative estimate of drug-likeness (QED) is 0.356. The highest BCUT2D eigenvalue weighted by Gasteiger charge is 2.42. The molecule has 0 saturated carbocycles. The maximum atomic E-state index is 13.5. The van der Waals surface area contributed by atoms with Crippen molar-refractivity contribution in [2.75, 3.05) is 6.54 Å². The van der Waals surface area contributed by atoms with Crippen LogP contribution in [0.4, 0.5) is 0 Å². The summed E-state index contributed by atoms with van der Waals surface area (Å²) in [4.78, 5) is 28.4. The molecule has 1 aliphatic rings. The second-order valence-corrected chi connectivity index (χ2v) is 9.68. The molecule has 9 nitrogen and oxygen atoms in total. The zero-order chi connectivity index (χ0) is 26.5. The van der Waals surface area contributed by atoms with Gasteiger partial charge in [0.05, 0.1) is 18.1 Å². The van der Waals surface area contributed by atoms with E-state index < -0.39 is 12.1 Å². The van der Waals surface area contributed by atoms with Crippen molar-refractivity contribution in [3.8, 4) is 5.75 Å². The fourth-order valence-corrected chi connectivity index (χ4v) is 4.87. The highest BCUT2D eigenvalue weighted by atomic mass is 16.5. The van der Waals surface area contributed by atoms with E-state index in [1.54, 1.807) is 9.58 Å². The molecule has 1 saturated heterocycles. The number of likely N-dealkylation sites (tertiary alicyclic amines) is 1. The lowest BCUT2D eigenvalue weighted by Crippen LogP contribution is -2.51. The first-order valence-electron chi connectivity index (χ1n) is 12.9. The van der Waals surface area contributed by atoms with Gasteiger partial charge in [-0.05, 0) is 48.2 Å². The van der Waals surface area contributed by atoms with Gasteiger partial charge in [-0.25, -0.2) is 4.68 Å². The maximum absolute atomic E-state index is 13.5. The minimum atomic E-state index is -0.708. The summed E-state index contributed by atoms with van der Waals surface area (Å²) >= 11 is 0. The maximum Gasteiger partial charge on any atom is 0.243 e. The number of rotatable bonds is 9. The lowest BCUT2D eigenvalue weighted by Gasteiger charge is -2.26. The number of hydrogen-bond acceptors (Lipinski definition) is 6. The number of aryl methyl sites for hydroxylation is 2. The van der Waals surface area contributed by atoms with E-state index in [0.29, 0.717) is 38.1 Å². The number of ether oxygens (including phenoxy) is 1. The molecule has 4 aromatic rings. The minimum Gasteiger partial charge on any atom is -0.488 e. The van der Waals surface area contributed by atoms with Gasteiger partial charge in [-0.2, -0.15) is 0 Å². The molecule has 1 fully saturated rings. The SMILES string of the molecule is Cn1nnc2cc(CNC(=O)C3CC(Oc4ccccc4)CN3C(=O)C(N)CCc3ccccc3)ccc21. The van der Waals surface area contributed by atoms with E-state index >= 15 is 0 Å². The van der Waals surface area contributed by atoms with E-state index in [2.05, 4.69) is 15.6 Å². The molecule has 1 aliphatic heterocycles. The molecule has 0 radical (unpaired) electrons. The highest BCUT2D eigenvalue weighted by Crippen LogP contribution is 2.25. The van der Waals surface area contributed by atoms with Gasteiger partial charge >= 0.3 is 0 Å². The summed E-state index contributed by atoms with van der Waals surface area (Å²) in [6, 6.07) is 23.8. The van der Waals surface area contributed by atoms with Crippen molar-refractivity contribution in [2.45, 2.75) is 44.0 Å². The van der Waals surface area contributed by atoms with Crippen LogP contribution in [-0.4, -0.2) is 56.4 Å². The summed E-state index contributed by atoms with van der Waals surface area (Å²) in [5, 5.41) is 11.2. The Morgan fingerprint density at radius 3 is 2.55 bits per heavy atom. The Morgan fingerprint density at radius 1 is 1.05 bits per heavy atom. The van der Waals surface area contributed by atoms with Gasteiger partial charge in [0.25, 0.3) is 0 Å². The van der Waals surface area contributed by atoms with Crippen molar-refractivity contribution in [1.29, 1.82) is 0 Å². The zero-order valence-corrected chi connectivity index (χ0v) is 21.4. The molecular weight excluding hydrogens is 480 g/mol. The van der Waals surface area contributed by atoms with Crippen molar-refractivity contribution in [3.05, 3.63) is 90.0 Å². The minimum absolute atomic E-state index is 0.230. The third-order valence-corrected chi connectivity index (χ3v) is 6.94. The van der Waals surface area contributed by atoms with Crippen LogP contribution in [-0.2, 0) is 29.6 Å². The molecule has 38 heavy (non-hydrogen) atoms. The standard InChI is InChI=1S/C29H32N6O3/c1-34-26-15-13-21(16-25(26)32-33-34)18-31-28(36)27-17-23(38-22-10-6-3-7-11-22)19-35(27)29(37)24(30)14-12-20-8-4-2-5-9-20/h2-11,13,15-16,23-24,27H,12,14,17-19,30H2,1H3,(H,31,36). The summed E-state index contributed by atoms with van der Waals surface area (Å²) in [6.45, 7) is 0.616. The monoisotopic (exact) mass is 512 g/mol.